The molecule has 1 N–H and O–H groups in total. The summed E-state index contributed by atoms with van der Waals surface area (Å²) in [6.07, 6.45) is 1.60. The lowest BCUT2D eigenvalue weighted by Gasteiger charge is -2.20. The van der Waals surface area contributed by atoms with Gasteiger partial charge in [0.25, 0.3) is 5.91 Å². The molecule has 0 spiro atoms. The van der Waals surface area contributed by atoms with Crippen LogP contribution in [0.4, 0.5) is 0 Å². The van der Waals surface area contributed by atoms with Gasteiger partial charge in [-0.3, -0.25) is 10.2 Å². The number of nitrogens with zero attached hydrogens (tertiary/aromatic N) is 3. The number of carbonyl (C=O) groups is 1. The number of para-hydroxylation sites is 1. The molecule has 3 aromatic rings. The molecule has 0 aliphatic carbocycles. The van der Waals surface area contributed by atoms with E-state index < -0.39 is 5.91 Å². The Morgan fingerprint density at radius 3 is 2.46 bits per heavy atom. The summed E-state index contributed by atoms with van der Waals surface area (Å²) in [6.45, 7) is 0.570. The smallest absolute Gasteiger partial charge is 0.283 e. The monoisotopic (exact) mass is 532 g/mol. The average molecular weight is 533 g/mol. The van der Waals surface area contributed by atoms with Crippen molar-refractivity contribution in [2.75, 3.05) is 20.3 Å². The molecule has 0 bridgehead atoms. The number of nitrogens with one attached hydrogen (secondary N) is 1. The maximum atomic E-state index is 12.8. The van der Waals surface area contributed by atoms with Gasteiger partial charge in [-0.15, -0.1) is 0 Å². The predicted molar refractivity (Wildman–Crippen MR) is 146 cm³/mol. The van der Waals surface area contributed by atoms with Crippen molar-refractivity contribution in [1.29, 1.82) is 5.41 Å². The molecule has 5 rings (SSSR count). The third kappa shape index (κ3) is 5.37. The summed E-state index contributed by atoms with van der Waals surface area (Å²) in [4.78, 5) is 16.9. The van der Waals surface area contributed by atoms with E-state index in [1.165, 1.54) is 23.9 Å². The number of methoxy groups -OCH3 is 1. The van der Waals surface area contributed by atoms with Crippen LogP contribution in [-0.4, -0.2) is 47.3 Å². The molecular formula is C27H21ClN4O4S. The molecular weight excluding hydrogens is 512 g/mol. The van der Waals surface area contributed by atoms with Gasteiger partial charge in [-0.05, 0) is 47.7 Å². The van der Waals surface area contributed by atoms with Crippen LogP contribution in [0.2, 0.25) is 5.02 Å². The number of hydrogen-bond acceptors (Lipinski definition) is 7. The molecule has 10 heteroatoms. The molecule has 2 aliphatic heterocycles. The van der Waals surface area contributed by atoms with Gasteiger partial charge in [0.2, 0.25) is 5.17 Å². The van der Waals surface area contributed by atoms with Crippen LogP contribution < -0.4 is 14.2 Å². The molecule has 1 amide bonds. The Balaban J connectivity index is 1.29. The van der Waals surface area contributed by atoms with E-state index in [-0.39, 0.29) is 18.0 Å². The second-order valence-electron chi connectivity index (χ2n) is 7.83. The number of aliphatic imine (C=N–C) groups is 1. The van der Waals surface area contributed by atoms with Crippen molar-refractivity contribution in [2.24, 2.45) is 10.1 Å². The minimum Gasteiger partial charge on any atom is -0.493 e. The van der Waals surface area contributed by atoms with Gasteiger partial charge >= 0.3 is 0 Å². The molecule has 3 aromatic carbocycles. The van der Waals surface area contributed by atoms with E-state index in [2.05, 4.69) is 10.1 Å². The Hall–Kier alpha value is -4.08. The first-order valence-electron chi connectivity index (χ1n) is 11.3. The van der Waals surface area contributed by atoms with Crippen molar-refractivity contribution in [3.63, 3.8) is 0 Å². The van der Waals surface area contributed by atoms with Crippen LogP contribution in [0, 0.1) is 5.41 Å². The quantitative estimate of drug-likeness (QED) is 0.305. The Kier molecular flexibility index (Phi) is 7.25. The first-order chi connectivity index (χ1) is 18.0. The number of rotatable bonds is 8. The van der Waals surface area contributed by atoms with Crippen LogP contribution in [0.5, 0.6) is 17.2 Å². The Morgan fingerprint density at radius 1 is 0.973 bits per heavy atom. The first kappa shape index (κ1) is 24.6. The number of hydrazone groups is 1. The average Bonchev–Trinajstić information content (AvgIpc) is 3.35. The summed E-state index contributed by atoms with van der Waals surface area (Å²) < 4.78 is 16.9. The number of carbonyl (C=O) groups excluding carboxylic acids is 1. The summed E-state index contributed by atoms with van der Waals surface area (Å²) in [5, 5.41) is 16.1. The topological polar surface area (TPSA) is 96.6 Å². The van der Waals surface area contributed by atoms with Gasteiger partial charge in [-0.2, -0.15) is 15.1 Å². The minimum atomic E-state index is -0.496. The lowest BCUT2D eigenvalue weighted by Crippen LogP contribution is -2.35. The molecule has 0 unspecified atom stereocenters. The van der Waals surface area contributed by atoms with Crippen molar-refractivity contribution < 1.29 is 19.0 Å². The molecule has 0 saturated heterocycles. The molecule has 186 valence electrons. The number of ether oxygens (including phenoxy) is 3. The normalized spacial score (nSPS) is 15.8. The van der Waals surface area contributed by atoms with Crippen molar-refractivity contribution >= 4 is 51.4 Å². The van der Waals surface area contributed by atoms with E-state index in [0.717, 1.165) is 5.56 Å². The molecule has 0 fully saturated rings. The Bertz CT molecular complexity index is 1460. The third-order valence-corrected chi connectivity index (χ3v) is 6.68. The molecule has 0 radical (unpaired) electrons. The number of halogens is 1. The summed E-state index contributed by atoms with van der Waals surface area (Å²) in [5.74, 6) is 1.05. The highest BCUT2D eigenvalue weighted by atomic mass is 35.5. The molecule has 2 aliphatic rings. The molecule has 0 atom stereocenters. The lowest BCUT2D eigenvalue weighted by molar-refractivity contribution is -0.114. The van der Waals surface area contributed by atoms with Gasteiger partial charge in [0.05, 0.1) is 17.7 Å². The zero-order valence-corrected chi connectivity index (χ0v) is 21.3. The van der Waals surface area contributed by atoms with Gasteiger partial charge in [-0.25, -0.2) is 0 Å². The highest BCUT2D eigenvalue weighted by Gasteiger charge is 2.36. The van der Waals surface area contributed by atoms with Crippen LogP contribution in [0.15, 0.2) is 88.5 Å². The number of benzene rings is 3. The fourth-order valence-electron chi connectivity index (χ4n) is 3.61. The van der Waals surface area contributed by atoms with Crippen molar-refractivity contribution in [3.8, 4) is 17.2 Å². The van der Waals surface area contributed by atoms with E-state index in [4.69, 9.17) is 31.2 Å². The van der Waals surface area contributed by atoms with Crippen molar-refractivity contribution in [2.45, 2.75) is 0 Å². The van der Waals surface area contributed by atoms with E-state index in [1.54, 1.807) is 36.4 Å². The number of thioether (sulfide) groups is 1. The molecule has 2 heterocycles. The first-order valence-corrected chi connectivity index (χ1v) is 12.5. The van der Waals surface area contributed by atoms with E-state index in [0.29, 0.717) is 44.7 Å². The van der Waals surface area contributed by atoms with Crippen LogP contribution >= 0.6 is 23.4 Å². The summed E-state index contributed by atoms with van der Waals surface area (Å²) in [5.41, 5.74) is 1.68. The zero-order valence-electron chi connectivity index (χ0n) is 19.7. The number of amides is 1. The maximum Gasteiger partial charge on any atom is 0.283 e. The lowest BCUT2D eigenvalue weighted by atomic mass is 10.1. The minimum absolute atomic E-state index is 0.0375. The highest BCUT2D eigenvalue weighted by Crippen LogP contribution is 2.33. The second-order valence-corrected chi connectivity index (χ2v) is 9.19. The Labute approximate surface area is 222 Å². The SMILES string of the molecule is COc1cc(/C=C2\C(=N)N3N=C(c4ccccc4)SC3=NC2=O)ccc1OCCOc1ccccc1Cl. The predicted octanol–water partition coefficient (Wildman–Crippen LogP) is 5.47. The number of fused-ring (bicyclic) bond motifs is 1. The summed E-state index contributed by atoms with van der Waals surface area (Å²) in [7, 11) is 1.53. The van der Waals surface area contributed by atoms with Crippen molar-refractivity contribution in [1.82, 2.24) is 5.01 Å². The fraction of sp³-hybridized carbons (Fsp3) is 0.111. The zero-order chi connectivity index (χ0) is 25.8. The fourth-order valence-corrected chi connectivity index (χ4v) is 4.70. The molecule has 8 nitrogen and oxygen atoms in total. The van der Waals surface area contributed by atoms with Crippen LogP contribution in [-0.2, 0) is 4.79 Å². The third-order valence-electron chi connectivity index (χ3n) is 5.41. The second kappa shape index (κ2) is 10.9. The van der Waals surface area contributed by atoms with E-state index in [1.807, 2.05) is 42.5 Å². The number of amidine groups is 2. The van der Waals surface area contributed by atoms with Crippen LogP contribution in [0.1, 0.15) is 11.1 Å². The van der Waals surface area contributed by atoms with Gasteiger partial charge in [0.15, 0.2) is 17.3 Å². The maximum absolute atomic E-state index is 12.8. The van der Waals surface area contributed by atoms with Gasteiger partial charge in [0, 0.05) is 5.56 Å². The van der Waals surface area contributed by atoms with E-state index >= 15 is 0 Å². The van der Waals surface area contributed by atoms with Crippen LogP contribution in [0.3, 0.4) is 0 Å². The van der Waals surface area contributed by atoms with Gasteiger partial charge in [-0.1, -0.05) is 60.1 Å². The van der Waals surface area contributed by atoms with Crippen molar-refractivity contribution in [3.05, 3.63) is 94.5 Å². The largest absolute Gasteiger partial charge is 0.493 e. The highest BCUT2D eigenvalue weighted by molar-refractivity contribution is 8.27. The molecule has 37 heavy (non-hydrogen) atoms. The van der Waals surface area contributed by atoms with E-state index in [9.17, 15) is 4.79 Å². The van der Waals surface area contributed by atoms with Crippen LogP contribution in [0.25, 0.3) is 6.08 Å². The number of hydrogen-bond donors (Lipinski definition) is 1. The van der Waals surface area contributed by atoms with Gasteiger partial charge in [0.1, 0.15) is 24.0 Å². The molecule has 0 saturated carbocycles. The standard InChI is InChI=1S/C27H21ClN4O4S/c1-34-23-16-17(11-12-22(23)36-14-13-35-21-10-6-5-9-20(21)28)15-19-24(29)32-27(30-25(19)33)37-26(31-32)18-7-3-2-4-8-18/h2-12,15-16,29H,13-14H2,1H3/b19-15+,29-24?. The molecule has 0 aromatic heterocycles. The van der Waals surface area contributed by atoms with Gasteiger partial charge < -0.3 is 14.2 Å². The summed E-state index contributed by atoms with van der Waals surface area (Å²) in [6, 6.07) is 22.1. The summed E-state index contributed by atoms with van der Waals surface area (Å²) >= 11 is 7.36. The Morgan fingerprint density at radius 2 is 1.70 bits per heavy atom.